The third-order valence-corrected chi connectivity index (χ3v) is 1.95. The minimum absolute atomic E-state index is 0.306. The summed E-state index contributed by atoms with van der Waals surface area (Å²) in [5, 5.41) is 0. The lowest BCUT2D eigenvalue weighted by Gasteiger charge is -2.06. The molecule has 0 aromatic heterocycles. The SMILES string of the molecule is COc1ccc(CCC(N)=O)cc1N. The lowest BCUT2D eigenvalue weighted by Crippen LogP contribution is -2.11. The molecule has 0 radical (unpaired) electrons. The quantitative estimate of drug-likeness (QED) is 0.692. The fraction of sp³-hybridized carbons (Fsp3) is 0.300. The maximum absolute atomic E-state index is 10.5. The number of nitrogens with two attached hydrogens (primary N) is 2. The largest absolute Gasteiger partial charge is 0.495 e. The number of carbonyl (C=O) groups is 1. The molecule has 0 aliphatic heterocycles. The molecule has 0 saturated heterocycles. The Morgan fingerprint density at radius 3 is 2.71 bits per heavy atom. The second-order valence-corrected chi connectivity index (χ2v) is 3.04. The van der Waals surface area contributed by atoms with Crippen molar-refractivity contribution in [2.24, 2.45) is 5.73 Å². The van der Waals surface area contributed by atoms with E-state index in [9.17, 15) is 4.79 Å². The molecular formula is C10H14N2O2. The minimum Gasteiger partial charge on any atom is -0.495 e. The first kappa shape index (κ1) is 10.4. The van der Waals surface area contributed by atoms with E-state index in [1.54, 1.807) is 19.2 Å². The molecule has 4 nitrogen and oxygen atoms in total. The van der Waals surface area contributed by atoms with Crippen LogP contribution in [0, 0.1) is 0 Å². The van der Waals surface area contributed by atoms with E-state index in [-0.39, 0.29) is 5.91 Å². The average Bonchev–Trinajstić information content (AvgIpc) is 2.15. The van der Waals surface area contributed by atoms with Crippen LogP contribution >= 0.6 is 0 Å². The van der Waals surface area contributed by atoms with Crippen molar-refractivity contribution >= 4 is 11.6 Å². The molecule has 0 aliphatic rings. The minimum atomic E-state index is -0.306. The molecule has 14 heavy (non-hydrogen) atoms. The van der Waals surface area contributed by atoms with Gasteiger partial charge >= 0.3 is 0 Å². The summed E-state index contributed by atoms with van der Waals surface area (Å²) in [5.74, 6) is 0.340. The first-order valence-corrected chi connectivity index (χ1v) is 4.34. The highest BCUT2D eigenvalue weighted by atomic mass is 16.5. The Morgan fingerprint density at radius 2 is 2.21 bits per heavy atom. The molecule has 4 heteroatoms. The molecule has 0 atom stereocenters. The topological polar surface area (TPSA) is 78.3 Å². The zero-order valence-electron chi connectivity index (χ0n) is 8.12. The van der Waals surface area contributed by atoms with Gasteiger partial charge in [-0.15, -0.1) is 0 Å². The molecule has 0 fully saturated rings. The number of methoxy groups -OCH3 is 1. The summed E-state index contributed by atoms with van der Waals surface area (Å²) in [7, 11) is 1.56. The van der Waals surface area contributed by atoms with E-state index in [4.69, 9.17) is 16.2 Å². The van der Waals surface area contributed by atoms with Crippen molar-refractivity contribution in [3.63, 3.8) is 0 Å². The molecule has 0 saturated carbocycles. The Kier molecular flexibility index (Phi) is 3.34. The highest BCUT2D eigenvalue weighted by Gasteiger charge is 2.01. The van der Waals surface area contributed by atoms with Crippen LogP contribution in [0.2, 0.25) is 0 Å². The van der Waals surface area contributed by atoms with Crippen molar-refractivity contribution in [2.75, 3.05) is 12.8 Å². The zero-order chi connectivity index (χ0) is 10.6. The van der Waals surface area contributed by atoms with Crippen LogP contribution in [-0.2, 0) is 11.2 Å². The smallest absolute Gasteiger partial charge is 0.217 e. The van der Waals surface area contributed by atoms with E-state index in [1.165, 1.54) is 0 Å². The molecule has 0 heterocycles. The van der Waals surface area contributed by atoms with Crippen LogP contribution in [0.1, 0.15) is 12.0 Å². The molecular weight excluding hydrogens is 180 g/mol. The maximum atomic E-state index is 10.5. The normalized spacial score (nSPS) is 9.79. The summed E-state index contributed by atoms with van der Waals surface area (Å²) >= 11 is 0. The standard InChI is InChI=1S/C10H14N2O2/c1-14-9-4-2-7(6-8(9)11)3-5-10(12)13/h2,4,6H,3,5,11H2,1H3,(H2,12,13). The molecule has 0 spiro atoms. The Hall–Kier alpha value is -1.71. The molecule has 1 aromatic rings. The Morgan fingerprint density at radius 1 is 1.50 bits per heavy atom. The van der Waals surface area contributed by atoms with E-state index < -0.39 is 0 Å². The Labute approximate surface area is 82.8 Å². The van der Waals surface area contributed by atoms with Gasteiger partial charge in [-0.3, -0.25) is 4.79 Å². The van der Waals surface area contributed by atoms with Gasteiger partial charge in [-0.1, -0.05) is 6.07 Å². The molecule has 1 rings (SSSR count). The van der Waals surface area contributed by atoms with E-state index in [0.29, 0.717) is 24.3 Å². The predicted molar refractivity (Wildman–Crippen MR) is 54.9 cm³/mol. The summed E-state index contributed by atoms with van der Waals surface area (Å²) in [6.45, 7) is 0. The van der Waals surface area contributed by atoms with E-state index in [1.807, 2.05) is 6.07 Å². The van der Waals surface area contributed by atoms with Crippen molar-refractivity contribution in [3.05, 3.63) is 23.8 Å². The fourth-order valence-corrected chi connectivity index (χ4v) is 1.21. The van der Waals surface area contributed by atoms with Crippen LogP contribution in [0.4, 0.5) is 5.69 Å². The van der Waals surface area contributed by atoms with Crippen molar-refractivity contribution in [1.29, 1.82) is 0 Å². The van der Waals surface area contributed by atoms with Crippen LogP contribution in [0.3, 0.4) is 0 Å². The maximum Gasteiger partial charge on any atom is 0.217 e. The number of anilines is 1. The number of rotatable bonds is 4. The van der Waals surface area contributed by atoms with Crippen LogP contribution in [0.15, 0.2) is 18.2 Å². The van der Waals surface area contributed by atoms with Crippen molar-refractivity contribution in [2.45, 2.75) is 12.8 Å². The van der Waals surface area contributed by atoms with Gasteiger partial charge in [0.1, 0.15) is 5.75 Å². The molecule has 4 N–H and O–H groups in total. The van der Waals surface area contributed by atoms with Crippen molar-refractivity contribution in [1.82, 2.24) is 0 Å². The number of carbonyl (C=O) groups excluding carboxylic acids is 1. The second kappa shape index (κ2) is 4.50. The molecule has 1 aromatic carbocycles. The number of primary amides is 1. The van der Waals surface area contributed by atoms with E-state index in [2.05, 4.69) is 0 Å². The number of benzene rings is 1. The number of amides is 1. The third kappa shape index (κ3) is 2.65. The predicted octanol–water partition coefficient (Wildman–Crippen LogP) is 0.695. The van der Waals surface area contributed by atoms with Crippen molar-refractivity contribution < 1.29 is 9.53 Å². The van der Waals surface area contributed by atoms with Crippen LogP contribution < -0.4 is 16.2 Å². The zero-order valence-corrected chi connectivity index (χ0v) is 8.12. The van der Waals surface area contributed by atoms with E-state index in [0.717, 1.165) is 5.56 Å². The van der Waals surface area contributed by atoms with Gasteiger partial charge in [0.25, 0.3) is 0 Å². The summed E-state index contributed by atoms with van der Waals surface area (Å²) in [6, 6.07) is 5.45. The van der Waals surface area contributed by atoms with Gasteiger partial charge in [-0.25, -0.2) is 0 Å². The lowest BCUT2D eigenvalue weighted by atomic mass is 10.1. The third-order valence-electron chi connectivity index (χ3n) is 1.95. The summed E-state index contributed by atoms with van der Waals surface area (Å²) in [6.07, 6.45) is 0.954. The monoisotopic (exact) mass is 194 g/mol. The molecule has 1 amide bonds. The van der Waals surface area contributed by atoms with Gasteiger partial charge in [-0.05, 0) is 24.1 Å². The molecule has 0 aliphatic carbocycles. The van der Waals surface area contributed by atoms with Gasteiger partial charge in [0.15, 0.2) is 0 Å². The number of ether oxygens (including phenoxy) is 1. The highest BCUT2D eigenvalue weighted by Crippen LogP contribution is 2.22. The molecule has 0 bridgehead atoms. The average molecular weight is 194 g/mol. The van der Waals surface area contributed by atoms with Gasteiger partial charge in [0, 0.05) is 6.42 Å². The number of hydrogen-bond acceptors (Lipinski definition) is 3. The van der Waals surface area contributed by atoms with Crippen LogP contribution in [0.5, 0.6) is 5.75 Å². The fourth-order valence-electron chi connectivity index (χ4n) is 1.21. The highest BCUT2D eigenvalue weighted by molar-refractivity contribution is 5.74. The summed E-state index contributed by atoms with van der Waals surface area (Å²) < 4.78 is 5.01. The van der Waals surface area contributed by atoms with Crippen LogP contribution in [0.25, 0.3) is 0 Å². The van der Waals surface area contributed by atoms with Gasteiger partial charge in [0.05, 0.1) is 12.8 Å². The number of hydrogen-bond donors (Lipinski definition) is 2. The second-order valence-electron chi connectivity index (χ2n) is 3.04. The first-order valence-electron chi connectivity index (χ1n) is 4.34. The molecule has 0 unspecified atom stereocenters. The summed E-state index contributed by atoms with van der Waals surface area (Å²) in [5.41, 5.74) is 12.3. The van der Waals surface area contributed by atoms with Gasteiger partial charge in [0.2, 0.25) is 5.91 Å². The van der Waals surface area contributed by atoms with Crippen LogP contribution in [-0.4, -0.2) is 13.0 Å². The Bertz CT molecular complexity index is 337. The first-order chi connectivity index (χ1) is 6.63. The number of nitrogen functional groups attached to an aromatic ring is 1. The van der Waals surface area contributed by atoms with Crippen molar-refractivity contribution in [3.8, 4) is 5.75 Å². The Balaban J connectivity index is 2.71. The lowest BCUT2D eigenvalue weighted by molar-refractivity contribution is -0.117. The van der Waals surface area contributed by atoms with Gasteiger partial charge in [-0.2, -0.15) is 0 Å². The van der Waals surface area contributed by atoms with E-state index >= 15 is 0 Å². The van der Waals surface area contributed by atoms with Gasteiger partial charge < -0.3 is 16.2 Å². The number of aryl methyl sites for hydroxylation is 1. The summed E-state index contributed by atoms with van der Waals surface area (Å²) in [4.78, 5) is 10.5. The molecule has 76 valence electrons.